The molecule has 0 unspecified atom stereocenters. The monoisotopic (exact) mass is 496 g/mol. The molecule has 10 heteroatoms. The predicted molar refractivity (Wildman–Crippen MR) is 131 cm³/mol. The molecule has 3 amide bonds. The van der Waals surface area contributed by atoms with E-state index in [0.29, 0.717) is 23.6 Å². The molecule has 0 aromatic heterocycles. The Kier molecular flexibility index (Phi) is 11.7. The molecule has 0 spiro atoms. The van der Waals surface area contributed by atoms with Gasteiger partial charge in [0.25, 0.3) is 0 Å². The van der Waals surface area contributed by atoms with Gasteiger partial charge in [0, 0.05) is 5.02 Å². The van der Waals surface area contributed by atoms with E-state index < -0.39 is 54.2 Å². The Morgan fingerprint density at radius 1 is 1.15 bits per heavy atom. The highest BCUT2D eigenvalue weighted by Crippen LogP contribution is 2.24. The summed E-state index contributed by atoms with van der Waals surface area (Å²) in [4.78, 5) is 51.6. The lowest BCUT2D eigenvalue weighted by molar-refractivity contribution is -0.136. The molecule has 0 heterocycles. The summed E-state index contributed by atoms with van der Waals surface area (Å²) in [5.41, 5.74) is 6.29. The molecule has 1 aromatic rings. The first-order chi connectivity index (χ1) is 15.8. The molecule has 1 rings (SSSR count). The number of hydrogen-bond donors (Lipinski definition) is 4. The molecular formula is C24H37ClN4O5. The highest BCUT2D eigenvalue weighted by molar-refractivity contribution is 6.31. The summed E-state index contributed by atoms with van der Waals surface area (Å²) in [6.07, 6.45) is -1.33. The molecule has 4 atom stereocenters. The van der Waals surface area contributed by atoms with Crippen molar-refractivity contribution in [3.05, 3.63) is 34.3 Å². The minimum absolute atomic E-state index is 0.204. The number of aliphatic hydroxyl groups excluding tert-OH is 1. The number of likely N-dealkylation sites (N-methyl/N-ethyl adjacent to an activating group) is 1. The molecule has 34 heavy (non-hydrogen) atoms. The fraction of sp³-hybridized carbons (Fsp3) is 0.583. The van der Waals surface area contributed by atoms with Crippen molar-refractivity contribution in [1.82, 2.24) is 15.5 Å². The largest absolute Gasteiger partial charge is 0.386 e. The molecule has 1 aromatic carbocycles. The van der Waals surface area contributed by atoms with E-state index in [1.165, 1.54) is 13.0 Å². The zero-order chi connectivity index (χ0) is 26.2. The first-order valence-corrected chi connectivity index (χ1v) is 11.7. The number of hydrogen-bond acceptors (Lipinski definition) is 6. The minimum Gasteiger partial charge on any atom is -0.386 e. The van der Waals surface area contributed by atoms with Gasteiger partial charge in [0.1, 0.15) is 12.1 Å². The highest BCUT2D eigenvalue weighted by Gasteiger charge is 2.35. The molecule has 0 saturated carbocycles. The van der Waals surface area contributed by atoms with Crippen molar-refractivity contribution in [3.8, 4) is 0 Å². The van der Waals surface area contributed by atoms with Crippen LogP contribution in [-0.4, -0.2) is 65.2 Å². The SMILES string of the molecule is CCN(C)[C@H](CC(C)C)C(=O)N[C@@H](C(=O)N[C@@H](CC(N)=O)C(C)=O)[C@H](O)c1ccc(C)c(Cl)c1. The van der Waals surface area contributed by atoms with Crippen LogP contribution in [-0.2, 0) is 19.2 Å². The fourth-order valence-electron chi connectivity index (χ4n) is 3.44. The highest BCUT2D eigenvalue weighted by atomic mass is 35.5. The third-order valence-electron chi connectivity index (χ3n) is 5.67. The Bertz CT molecular complexity index is 892. The summed E-state index contributed by atoms with van der Waals surface area (Å²) < 4.78 is 0. The van der Waals surface area contributed by atoms with Crippen molar-refractivity contribution in [2.45, 2.75) is 71.7 Å². The van der Waals surface area contributed by atoms with Crippen LogP contribution in [0.2, 0.25) is 5.02 Å². The van der Waals surface area contributed by atoms with Gasteiger partial charge in [-0.1, -0.05) is 44.5 Å². The van der Waals surface area contributed by atoms with Crippen LogP contribution in [0.5, 0.6) is 0 Å². The van der Waals surface area contributed by atoms with Gasteiger partial charge < -0.3 is 21.5 Å². The number of rotatable bonds is 13. The van der Waals surface area contributed by atoms with Crippen molar-refractivity contribution in [2.75, 3.05) is 13.6 Å². The van der Waals surface area contributed by atoms with Crippen LogP contribution in [0.25, 0.3) is 0 Å². The molecule has 9 nitrogen and oxygen atoms in total. The Morgan fingerprint density at radius 3 is 2.24 bits per heavy atom. The molecule has 0 aliphatic carbocycles. The second-order valence-corrected chi connectivity index (χ2v) is 9.41. The number of nitrogens with one attached hydrogen (secondary N) is 2. The summed E-state index contributed by atoms with van der Waals surface area (Å²) in [6.45, 7) is 9.49. The zero-order valence-electron chi connectivity index (χ0n) is 20.7. The van der Waals surface area contributed by atoms with Crippen molar-refractivity contribution in [2.24, 2.45) is 11.7 Å². The van der Waals surface area contributed by atoms with Crippen LogP contribution in [0.4, 0.5) is 0 Å². The number of benzene rings is 1. The smallest absolute Gasteiger partial charge is 0.246 e. The number of nitrogens with two attached hydrogens (primary N) is 1. The standard InChI is InChI=1S/C24H37ClN4O5/c1-7-29(6)19(10-13(2)3)23(33)28-21(22(32)16-9-8-14(4)17(25)11-16)24(34)27-18(15(5)30)12-20(26)31/h8-9,11,13,18-19,21-22,32H,7,10,12H2,1-6H3,(H2,26,31)(H,27,34)(H,28,33)/t18-,19+,21+,22+/m0/s1. The van der Waals surface area contributed by atoms with Crippen molar-refractivity contribution >= 4 is 35.1 Å². The average molecular weight is 497 g/mol. The zero-order valence-corrected chi connectivity index (χ0v) is 21.5. The van der Waals surface area contributed by atoms with E-state index in [1.54, 1.807) is 26.1 Å². The number of halogens is 1. The van der Waals surface area contributed by atoms with Crippen LogP contribution >= 0.6 is 11.6 Å². The van der Waals surface area contributed by atoms with Gasteiger partial charge in [-0.2, -0.15) is 0 Å². The molecule has 0 saturated heterocycles. The van der Waals surface area contributed by atoms with Crippen LogP contribution < -0.4 is 16.4 Å². The first kappa shape index (κ1) is 29.5. The Labute approximate surface area is 206 Å². The number of Topliss-reactive ketones (excluding diaryl/α,β-unsaturated/α-hetero) is 1. The summed E-state index contributed by atoms with van der Waals surface area (Å²) in [5.74, 6) is -2.30. The summed E-state index contributed by atoms with van der Waals surface area (Å²) in [5, 5.41) is 16.6. The molecule has 190 valence electrons. The van der Waals surface area contributed by atoms with Crippen LogP contribution in [0.3, 0.4) is 0 Å². The second kappa shape index (κ2) is 13.4. The van der Waals surface area contributed by atoms with Crippen LogP contribution in [0, 0.1) is 12.8 Å². The Balaban J connectivity index is 3.33. The van der Waals surface area contributed by atoms with E-state index in [2.05, 4.69) is 10.6 Å². The topological polar surface area (TPSA) is 142 Å². The number of nitrogens with zero attached hydrogens (tertiary/aromatic N) is 1. The summed E-state index contributed by atoms with van der Waals surface area (Å²) >= 11 is 6.20. The van der Waals surface area contributed by atoms with Crippen molar-refractivity contribution < 1.29 is 24.3 Å². The maximum absolute atomic E-state index is 13.2. The van der Waals surface area contributed by atoms with E-state index in [1.807, 2.05) is 25.7 Å². The fourth-order valence-corrected chi connectivity index (χ4v) is 3.62. The Morgan fingerprint density at radius 2 is 1.76 bits per heavy atom. The molecule has 0 fully saturated rings. The van der Waals surface area contributed by atoms with Crippen molar-refractivity contribution in [1.29, 1.82) is 0 Å². The molecule has 0 bridgehead atoms. The number of aliphatic hydroxyl groups is 1. The van der Waals surface area contributed by atoms with E-state index in [4.69, 9.17) is 17.3 Å². The molecule has 0 aliphatic heterocycles. The maximum atomic E-state index is 13.2. The van der Waals surface area contributed by atoms with Gasteiger partial charge in [-0.3, -0.25) is 24.1 Å². The van der Waals surface area contributed by atoms with E-state index >= 15 is 0 Å². The summed E-state index contributed by atoms with van der Waals surface area (Å²) in [7, 11) is 1.80. The molecule has 5 N–H and O–H groups in total. The summed E-state index contributed by atoms with van der Waals surface area (Å²) in [6, 6.07) is 1.65. The van der Waals surface area contributed by atoms with Gasteiger partial charge in [-0.25, -0.2) is 0 Å². The predicted octanol–water partition coefficient (Wildman–Crippen LogP) is 1.48. The first-order valence-electron chi connectivity index (χ1n) is 11.3. The number of carbonyl (C=O) groups is 4. The van der Waals surface area contributed by atoms with Gasteiger partial charge in [-0.15, -0.1) is 0 Å². The normalized spacial score (nSPS) is 14.9. The minimum atomic E-state index is -1.46. The molecular weight excluding hydrogens is 460 g/mol. The van der Waals surface area contributed by atoms with Crippen LogP contribution in [0.15, 0.2) is 18.2 Å². The van der Waals surface area contributed by atoms with Gasteiger partial charge >= 0.3 is 0 Å². The Hall–Kier alpha value is -2.49. The number of carbonyl (C=O) groups excluding carboxylic acids is 4. The third-order valence-corrected chi connectivity index (χ3v) is 6.08. The van der Waals surface area contributed by atoms with Crippen LogP contribution in [0.1, 0.15) is 57.8 Å². The number of ketones is 1. The number of aryl methyl sites for hydroxylation is 1. The van der Waals surface area contributed by atoms with Gasteiger partial charge in [0.05, 0.1) is 18.5 Å². The lowest BCUT2D eigenvalue weighted by Crippen LogP contribution is -2.57. The average Bonchev–Trinajstić information content (AvgIpc) is 2.75. The molecule has 0 radical (unpaired) electrons. The van der Waals surface area contributed by atoms with Crippen molar-refractivity contribution in [3.63, 3.8) is 0 Å². The van der Waals surface area contributed by atoms with Gasteiger partial charge in [0.2, 0.25) is 17.7 Å². The van der Waals surface area contributed by atoms with E-state index in [9.17, 15) is 24.3 Å². The number of amides is 3. The lowest BCUT2D eigenvalue weighted by Gasteiger charge is -2.31. The second-order valence-electron chi connectivity index (χ2n) is 9.00. The maximum Gasteiger partial charge on any atom is 0.246 e. The van der Waals surface area contributed by atoms with E-state index in [0.717, 1.165) is 5.56 Å². The van der Waals surface area contributed by atoms with Gasteiger partial charge in [0.15, 0.2) is 5.78 Å². The van der Waals surface area contributed by atoms with E-state index in [-0.39, 0.29) is 5.92 Å². The lowest BCUT2D eigenvalue weighted by atomic mass is 9.97. The third kappa shape index (κ3) is 8.70. The quantitative estimate of drug-likeness (QED) is 0.326. The molecule has 0 aliphatic rings. The van der Waals surface area contributed by atoms with Gasteiger partial charge in [-0.05, 0) is 57.0 Å². The number of primary amides is 1.